The van der Waals surface area contributed by atoms with Crippen LogP contribution >= 0.6 is 0 Å². The number of carbonyl (C=O) groups is 2. The fourth-order valence-electron chi connectivity index (χ4n) is 3.57. The lowest BCUT2D eigenvalue weighted by Gasteiger charge is -2.35. The Morgan fingerprint density at radius 1 is 0.826 bits per heavy atom. The molecule has 4 heteroatoms. The molecule has 0 amide bonds. The second-order valence-electron chi connectivity index (χ2n) is 6.96. The van der Waals surface area contributed by atoms with Crippen molar-refractivity contribution < 1.29 is 19.8 Å². The number of aliphatic carboxylic acids is 2. The van der Waals surface area contributed by atoms with Gasteiger partial charge in [-0.1, -0.05) is 59.8 Å². The standard InChI is InChI=1S/C19H36O4/c1-5-15(6-2)13-19(18(22)23,14-16(7-3)8-4)12-10-9-11-17(20)21/h15-16H,5-14H2,1-4H3,(H,20,21)(H,22,23). The second kappa shape index (κ2) is 11.5. The molecule has 0 saturated heterocycles. The van der Waals surface area contributed by atoms with E-state index in [2.05, 4.69) is 27.7 Å². The van der Waals surface area contributed by atoms with Crippen LogP contribution < -0.4 is 0 Å². The number of carboxylic acids is 2. The van der Waals surface area contributed by atoms with Crippen LogP contribution in [0, 0.1) is 17.3 Å². The third kappa shape index (κ3) is 7.85. The maximum Gasteiger partial charge on any atom is 0.309 e. The Morgan fingerprint density at radius 3 is 1.57 bits per heavy atom. The fourth-order valence-corrected chi connectivity index (χ4v) is 3.57. The average Bonchev–Trinajstić information content (AvgIpc) is 2.53. The van der Waals surface area contributed by atoms with E-state index in [9.17, 15) is 14.7 Å². The molecule has 0 bridgehead atoms. The molecule has 0 spiro atoms. The molecule has 2 N–H and O–H groups in total. The molecule has 0 aromatic heterocycles. The van der Waals surface area contributed by atoms with Gasteiger partial charge in [-0.15, -0.1) is 0 Å². The van der Waals surface area contributed by atoms with E-state index in [-0.39, 0.29) is 6.42 Å². The Hall–Kier alpha value is -1.06. The van der Waals surface area contributed by atoms with Gasteiger partial charge in [0.2, 0.25) is 0 Å². The highest BCUT2D eigenvalue weighted by atomic mass is 16.4. The molecule has 0 aliphatic carbocycles. The van der Waals surface area contributed by atoms with Crippen LogP contribution in [0.2, 0.25) is 0 Å². The lowest BCUT2D eigenvalue weighted by atomic mass is 9.68. The maximum absolute atomic E-state index is 12.2. The van der Waals surface area contributed by atoms with Crippen molar-refractivity contribution in [1.82, 2.24) is 0 Å². The largest absolute Gasteiger partial charge is 0.481 e. The molecular formula is C19H36O4. The number of rotatable bonds is 14. The zero-order chi connectivity index (χ0) is 17.9. The molecule has 4 nitrogen and oxygen atoms in total. The molecule has 0 rings (SSSR count). The van der Waals surface area contributed by atoms with E-state index in [1.807, 2.05) is 0 Å². The maximum atomic E-state index is 12.2. The zero-order valence-corrected chi connectivity index (χ0v) is 15.4. The summed E-state index contributed by atoms with van der Waals surface area (Å²) >= 11 is 0. The van der Waals surface area contributed by atoms with Crippen molar-refractivity contribution in [3.8, 4) is 0 Å². The summed E-state index contributed by atoms with van der Waals surface area (Å²) in [5, 5.41) is 18.8. The highest BCUT2D eigenvalue weighted by Crippen LogP contribution is 2.42. The number of carboxylic acid groups (broad SMARTS) is 2. The zero-order valence-electron chi connectivity index (χ0n) is 15.4. The molecule has 0 atom stereocenters. The summed E-state index contributed by atoms with van der Waals surface area (Å²) in [6, 6.07) is 0. The highest BCUT2D eigenvalue weighted by molar-refractivity contribution is 5.74. The smallest absolute Gasteiger partial charge is 0.309 e. The third-order valence-electron chi connectivity index (χ3n) is 5.42. The van der Waals surface area contributed by atoms with E-state index >= 15 is 0 Å². The first kappa shape index (κ1) is 21.9. The summed E-state index contributed by atoms with van der Waals surface area (Å²) in [6.45, 7) is 8.51. The Morgan fingerprint density at radius 2 is 1.26 bits per heavy atom. The lowest BCUT2D eigenvalue weighted by molar-refractivity contribution is -0.152. The second-order valence-corrected chi connectivity index (χ2v) is 6.96. The Kier molecular flexibility index (Phi) is 10.9. The predicted molar refractivity (Wildman–Crippen MR) is 93.6 cm³/mol. The Bertz CT molecular complexity index is 329. The molecule has 0 unspecified atom stereocenters. The molecule has 0 saturated carbocycles. The fraction of sp³-hybridized carbons (Fsp3) is 0.895. The minimum atomic E-state index is -0.800. The SMILES string of the molecule is CCC(CC)CC(CCCCC(=O)O)(CC(CC)CC)C(=O)O. The van der Waals surface area contributed by atoms with Crippen LogP contribution in [-0.2, 0) is 9.59 Å². The molecule has 23 heavy (non-hydrogen) atoms. The summed E-state index contributed by atoms with van der Waals surface area (Å²) in [7, 11) is 0. The van der Waals surface area contributed by atoms with Gasteiger partial charge in [-0.05, 0) is 37.5 Å². The molecule has 0 heterocycles. The summed E-state index contributed by atoms with van der Waals surface area (Å²) in [4.78, 5) is 22.9. The van der Waals surface area contributed by atoms with E-state index in [0.29, 0.717) is 31.1 Å². The van der Waals surface area contributed by atoms with Gasteiger partial charge in [-0.3, -0.25) is 9.59 Å². The van der Waals surface area contributed by atoms with Gasteiger partial charge < -0.3 is 10.2 Å². The normalized spacial score (nSPS) is 12.1. The van der Waals surface area contributed by atoms with Crippen molar-refractivity contribution in [3.05, 3.63) is 0 Å². The molecular weight excluding hydrogens is 292 g/mol. The summed E-state index contributed by atoms with van der Waals surface area (Å²) < 4.78 is 0. The van der Waals surface area contributed by atoms with Crippen LogP contribution in [-0.4, -0.2) is 22.2 Å². The summed E-state index contributed by atoms with van der Waals surface area (Å²) in [5.74, 6) is -0.627. The van der Waals surface area contributed by atoms with E-state index in [1.54, 1.807) is 0 Å². The van der Waals surface area contributed by atoms with Crippen LogP contribution in [0.4, 0.5) is 0 Å². The van der Waals surface area contributed by atoms with Crippen LogP contribution in [0.1, 0.15) is 91.9 Å². The van der Waals surface area contributed by atoms with Gasteiger partial charge in [0.15, 0.2) is 0 Å². The van der Waals surface area contributed by atoms with Gasteiger partial charge in [0.05, 0.1) is 5.41 Å². The van der Waals surface area contributed by atoms with Gasteiger partial charge >= 0.3 is 11.9 Å². The topological polar surface area (TPSA) is 74.6 Å². The van der Waals surface area contributed by atoms with Crippen molar-refractivity contribution in [2.75, 3.05) is 0 Å². The minimum absolute atomic E-state index is 0.131. The monoisotopic (exact) mass is 328 g/mol. The molecule has 0 aromatic carbocycles. The van der Waals surface area contributed by atoms with Crippen molar-refractivity contribution >= 4 is 11.9 Å². The number of hydrogen-bond acceptors (Lipinski definition) is 2. The molecule has 136 valence electrons. The van der Waals surface area contributed by atoms with E-state index in [4.69, 9.17) is 5.11 Å². The first-order valence-electron chi connectivity index (χ1n) is 9.30. The van der Waals surface area contributed by atoms with Crippen LogP contribution in [0.25, 0.3) is 0 Å². The van der Waals surface area contributed by atoms with Gasteiger partial charge in [0.1, 0.15) is 0 Å². The van der Waals surface area contributed by atoms with Crippen LogP contribution in [0.15, 0.2) is 0 Å². The van der Waals surface area contributed by atoms with Gasteiger partial charge in [0.25, 0.3) is 0 Å². The number of unbranched alkanes of at least 4 members (excludes halogenated alkanes) is 1. The Balaban J connectivity index is 5.14. The van der Waals surface area contributed by atoms with Crippen molar-refractivity contribution in [3.63, 3.8) is 0 Å². The third-order valence-corrected chi connectivity index (χ3v) is 5.42. The summed E-state index contributed by atoms with van der Waals surface area (Å²) in [5.41, 5.74) is -0.689. The highest BCUT2D eigenvalue weighted by Gasteiger charge is 2.40. The Labute approximate surface area is 141 Å². The lowest BCUT2D eigenvalue weighted by Crippen LogP contribution is -2.35. The molecule has 0 radical (unpaired) electrons. The van der Waals surface area contributed by atoms with Crippen molar-refractivity contribution in [2.24, 2.45) is 17.3 Å². The molecule has 0 aromatic rings. The quantitative estimate of drug-likeness (QED) is 0.421. The van der Waals surface area contributed by atoms with Crippen LogP contribution in [0.3, 0.4) is 0 Å². The van der Waals surface area contributed by atoms with Gasteiger partial charge in [0, 0.05) is 6.42 Å². The summed E-state index contributed by atoms with van der Waals surface area (Å²) in [6.07, 6.45) is 7.43. The predicted octanol–water partition coefficient (Wildman–Crippen LogP) is 5.36. The minimum Gasteiger partial charge on any atom is -0.481 e. The first-order chi connectivity index (χ1) is 10.8. The van der Waals surface area contributed by atoms with Crippen molar-refractivity contribution in [1.29, 1.82) is 0 Å². The average molecular weight is 328 g/mol. The number of hydrogen-bond donors (Lipinski definition) is 2. The van der Waals surface area contributed by atoms with E-state index < -0.39 is 17.4 Å². The molecule has 0 fully saturated rings. The first-order valence-corrected chi connectivity index (χ1v) is 9.30. The molecule has 0 aliphatic rings. The van der Waals surface area contributed by atoms with Crippen molar-refractivity contribution in [2.45, 2.75) is 91.9 Å². The van der Waals surface area contributed by atoms with Gasteiger partial charge in [-0.25, -0.2) is 0 Å². The van der Waals surface area contributed by atoms with Crippen LogP contribution in [0.5, 0.6) is 0 Å². The molecule has 0 aliphatic heterocycles. The van der Waals surface area contributed by atoms with Gasteiger partial charge in [-0.2, -0.15) is 0 Å². The van der Waals surface area contributed by atoms with E-state index in [1.165, 1.54) is 0 Å². The van der Waals surface area contributed by atoms with E-state index in [0.717, 1.165) is 38.5 Å².